The number of benzene rings is 8. The van der Waals surface area contributed by atoms with Crippen LogP contribution in [0.5, 0.6) is 0 Å². The van der Waals surface area contributed by atoms with Crippen LogP contribution >= 0.6 is 0 Å². The van der Waals surface area contributed by atoms with Crippen LogP contribution in [0.4, 0.5) is 0 Å². The van der Waals surface area contributed by atoms with E-state index in [1.54, 1.807) is 18.2 Å². The molecule has 1 fully saturated rings. The van der Waals surface area contributed by atoms with Crippen LogP contribution in [0.1, 0.15) is 121 Å². The minimum absolute atomic E-state index is 0.155. The summed E-state index contributed by atoms with van der Waals surface area (Å²) in [6.07, 6.45) is 6.33. The first-order valence-electron chi connectivity index (χ1n) is 36.6. The van der Waals surface area contributed by atoms with E-state index in [4.69, 9.17) is 12.3 Å². The number of aromatic nitrogens is 4. The lowest BCUT2D eigenvalue weighted by Gasteiger charge is -2.22. The van der Waals surface area contributed by atoms with Gasteiger partial charge in [0.1, 0.15) is 28.2 Å². The van der Waals surface area contributed by atoms with Crippen molar-refractivity contribution < 1.29 is 30.6 Å². The van der Waals surface area contributed by atoms with E-state index in [1.165, 1.54) is 96.2 Å². The van der Waals surface area contributed by atoms with Gasteiger partial charge in [-0.25, -0.2) is 18.3 Å². The van der Waals surface area contributed by atoms with Gasteiger partial charge in [-0.05, 0) is 175 Å². The van der Waals surface area contributed by atoms with Crippen molar-refractivity contribution in [3.63, 3.8) is 0 Å². The average Bonchev–Trinajstić information content (AvgIpc) is 0.730. The van der Waals surface area contributed by atoms with Crippen LogP contribution in [0.3, 0.4) is 0 Å². The minimum atomic E-state index is -2.38. The topological polar surface area (TPSA) is 15.5 Å². The molecule has 4 nitrogen and oxygen atoms in total. The van der Waals surface area contributed by atoms with Gasteiger partial charge in [0.15, 0.2) is 24.8 Å². The molecule has 92 heavy (non-hydrogen) atoms. The summed E-state index contributed by atoms with van der Waals surface area (Å²) in [7, 11) is 8.26. The monoisotopic (exact) mass is 1220 g/mol. The molecule has 4 heterocycles. The summed E-state index contributed by atoms with van der Waals surface area (Å²) in [5.41, 5.74) is 27.4. The molecule has 1 aliphatic carbocycles. The van der Waals surface area contributed by atoms with Gasteiger partial charge >= 0.3 is 0 Å². The van der Waals surface area contributed by atoms with Crippen LogP contribution in [-0.4, -0.2) is 0 Å². The molecule has 0 saturated heterocycles. The Bertz CT molecular complexity index is 4900. The van der Waals surface area contributed by atoms with Crippen LogP contribution in [0, 0.1) is 34.6 Å². The molecule has 2 atom stereocenters. The lowest BCUT2D eigenvalue weighted by Crippen LogP contribution is -2.30. The molecule has 4 heteroatoms. The van der Waals surface area contributed by atoms with Gasteiger partial charge < -0.3 is 0 Å². The zero-order chi connectivity index (χ0) is 72.6. The molecule has 0 bridgehead atoms. The zero-order valence-electron chi connectivity index (χ0n) is 64.5. The van der Waals surface area contributed by atoms with E-state index in [1.807, 2.05) is 81.0 Å². The summed E-state index contributed by atoms with van der Waals surface area (Å²) in [5.74, 6) is -3.24. The first-order chi connectivity index (χ1) is 48.0. The second-order valence-electron chi connectivity index (χ2n) is 24.3. The number of pyridine rings is 4. The second-order valence-corrected chi connectivity index (χ2v) is 24.3. The molecular formula is C88H94N4+4. The van der Waals surface area contributed by atoms with Crippen molar-refractivity contribution in [2.45, 2.75) is 106 Å². The SMILES string of the molecule is CCc1cccc(-c2ccc(-c3ccccc3C)[n+](C)c2)c1.Cc1cccc(-c2ccc(-c3ccccc3C)[n+](C)c2)c1.[2H]C([2H])([2H])C([2H])(C)c1cccc(-c2ccc(-c3ccccc3C)[n+](C)c2)c1.[2H]C1([2H])CCCC([2H])(c2ccc(-c3ccc(-c4ccccc4C)[n+](C)c3)cc2)C1([2H])[2H]. The van der Waals surface area contributed by atoms with Crippen LogP contribution in [0.25, 0.3) is 89.5 Å². The van der Waals surface area contributed by atoms with E-state index in [-0.39, 0.29) is 6.42 Å². The van der Waals surface area contributed by atoms with Gasteiger partial charge in [0, 0.05) is 81.1 Å². The molecule has 0 aliphatic heterocycles. The van der Waals surface area contributed by atoms with Gasteiger partial charge in [-0.2, -0.15) is 0 Å². The molecule has 0 amide bonds. The number of rotatable bonds is 11. The van der Waals surface area contributed by atoms with Crippen molar-refractivity contribution in [2.24, 2.45) is 28.2 Å². The summed E-state index contributed by atoms with van der Waals surface area (Å²) in [6, 6.07) is 82.8. The fourth-order valence-corrected chi connectivity index (χ4v) is 12.1. The summed E-state index contributed by atoms with van der Waals surface area (Å²) in [6.45, 7) is 11.9. The summed E-state index contributed by atoms with van der Waals surface area (Å²) in [4.78, 5) is 0. The van der Waals surface area contributed by atoms with Crippen LogP contribution in [-0.2, 0) is 34.6 Å². The molecule has 13 rings (SSSR count). The van der Waals surface area contributed by atoms with Gasteiger partial charge in [-0.15, -0.1) is 0 Å². The van der Waals surface area contributed by atoms with Gasteiger partial charge in [0.25, 0.3) is 0 Å². The molecule has 2 unspecified atom stereocenters. The normalized spacial score (nSPS) is 16.7. The van der Waals surface area contributed by atoms with Crippen molar-refractivity contribution in [1.29, 1.82) is 0 Å². The Morgan fingerprint density at radius 2 is 0.793 bits per heavy atom. The van der Waals surface area contributed by atoms with E-state index in [2.05, 4.69) is 256 Å². The third kappa shape index (κ3) is 16.3. The highest BCUT2D eigenvalue weighted by atomic mass is 14.9. The highest BCUT2D eigenvalue weighted by Gasteiger charge is 2.20. The third-order valence-corrected chi connectivity index (χ3v) is 17.4. The van der Waals surface area contributed by atoms with Gasteiger partial charge in [0.05, 0.1) is 0 Å². The maximum absolute atomic E-state index is 8.85. The van der Waals surface area contributed by atoms with E-state index >= 15 is 0 Å². The van der Waals surface area contributed by atoms with E-state index in [0.717, 1.165) is 40.1 Å². The van der Waals surface area contributed by atoms with Crippen LogP contribution < -0.4 is 18.3 Å². The van der Waals surface area contributed by atoms with Crippen LogP contribution in [0.2, 0.25) is 0 Å². The van der Waals surface area contributed by atoms with E-state index in [0.29, 0.717) is 24.0 Å². The van der Waals surface area contributed by atoms with Gasteiger partial charge in [0.2, 0.25) is 22.8 Å². The molecule has 0 N–H and O–H groups in total. The maximum atomic E-state index is 8.85. The predicted molar refractivity (Wildman–Crippen MR) is 387 cm³/mol. The Balaban J connectivity index is 0.000000147. The molecule has 0 radical (unpaired) electrons. The van der Waals surface area contributed by atoms with Crippen molar-refractivity contribution in [3.8, 4) is 89.5 Å². The molecule has 4 aromatic heterocycles. The van der Waals surface area contributed by atoms with Crippen molar-refractivity contribution >= 4 is 0 Å². The summed E-state index contributed by atoms with van der Waals surface area (Å²) < 4.78 is 81.8. The minimum Gasteiger partial charge on any atom is -0.200 e. The lowest BCUT2D eigenvalue weighted by atomic mass is 9.84. The lowest BCUT2D eigenvalue weighted by molar-refractivity contribution is -0.660. The maximum Gasteiger partial charge on any atom is 0.212 e. The van der Waals surface area contributed by atoms with Crippen molar-refractivity contribution in [3.05, 3.63) is 312 Å². The largest absolute Gasteiger partial charge is 0.212 e. The van der Waals surface area contributed by atoms with Gasteiger partial charge in [-0.3, -0.25) is 0 Å². The van der Waals surface area contributed by atoms with Crippen LogP contribution in [0.15, 0.2) is 267 Å². The van der Waals surface area contributed by atoms with Crippen molar-refractivity contribution in [1.82, 2.24) is 0 Å². The highest BCUT2D eigenvalue weighted by Crippen LogP contribution is 2.35. The Kier molecular flexibility index (Phi) is 18.2. The fourth-order valence-electron chi connectivity index (χ4n) is 12.1. The standard InChI is InChI=1S/C25H28N.C22H24N.C21H22N.C20H20N/c1-19-8-6-7-11-24(19)25-17-16-23(18-26(25)2)22-14-12-21(13-15-22)20-9-4-3-5-10-20;1-16(2)18-9-7-10-19(14-18)20-12-13-22(23(4)15-20)21-11-6-5-8-17(21)3;1-4-17-9-7-10-18(14-17)19-12-13-21(22(3)15-19)20-11-6-5-8-16(20)2;1-15-7-6-9-17(13-15)18-11-12-20(21(3)14-18)19-10-5-4-8-16(19)2/h6-8,11-18,20H,3-5,9-10H2,1-2H3;5-16H,1-4H3;5-15H,4H2,1-3H3;4-14H,1-3H3/q4*+1/i4D2,9D2,20D;1D3,16D;;. The Hall–Kier alpha value is -9.64. The van der Waals surface area contributed by atoms with Gasteiger partial charge in [-0.1, -0.05) is 215 Å². The molecule has 462 valence electrons. The number of nitrogens with zero attached hydrogens (tertiary/aromatic N) is 4. The Labute approximate surface area is 563 Å². The first kappa shape index (κ1) is 54.1. The molecular weight excluding hydrogens is 1110 g/mol. The highest BCUT2D eigenvalue weighted by molar-refractivity contribution is 5.71. The third-order valence-electron chi connectivity index (χ3n) is 17.4. The smallest absolute Gasteiger partial charge is 0.200 e. The summed E-state index contributed by atoms with van der Waals surface area (Å²) >= 11 is 0. The molecule has 1 saturated carbocycles. The first-order valence-corrected chi connectivity index (χ1v) is 32.1. The predicted octanol–water partition coefficient (Wildman–Crippen LogP) is 20.7. The molecule has 12 aromatic rings. The number of aryl methyl sites for hydroxylation is 10. The summed E-state index contributed by atoms with van der Waals surface area (Å²) in [5, 5.41) is 0. The quantitative estimate of drug-likeness (QED) is 0.115. The molecule has 0 spiro atoms. The van der Waals surface area contributed by atoms with E-state index in [9.17, 15) is 0 Å². The van der Waals surface area contributed by atoms with Crippen molar-refractivity contribution in [2.75, 3.05) is 0 Å². The second kappa shape index (κ2) is 30.9. The average molecular weight is 1220 g/mol. The zero-order valence-corrected chi connectivity index (χ0v) is 55.5. The Morgan fingerprint density at radius 1 is 0.413 bits per heavy atom. The molecule has 8 aromatic carbocycles. The molecule has 1 aliphatic rings. The number of hydrogen-bond acceptors (Lipinski definition) is 0. The van der Waals surface area contributed by atoms with E-state index < -0.39 is 31.4 Å². The Morgan fingerprint density at radius 3 is 1.20 bits per heavy atom. The number of hydrogen-bond donors (Lipinski definition) is 0. The fraction of sp³-hybridized carbons (Fsp3) is 0.227.